The van der Waals surface area contributed by atoms with Crippen LogP contribution in [-0.2, 0) is 9.53 Å². The van der Waals surface area contributed by atoms with Gasteiger partial charge in [-0.3, -0.25) is 4.79 Å². The zero-order chi connectivity index (χ0) is 20.4. The quantitative estimate of drug-likeness (QED) is 0.825. The Morgan fingerprint density at radius 3 is 2.52 bits per heavy atom. The number of fused-ring (bicyclic) bond motifs is 5. The van der Waals surface area contributed by atoms with E-state index >= 15 is 0 Å². The Balaban J connectivity index is 1.57. The van der Waals surface area contributed by atoms with Crippen LogP contribution in [0.5, 0.6) is 0 Å². The largest absolute Gasteiger partial charge is 0.511 e. The van der Waals surface area contributed by atoms with Crippen LogP contribution in [0, 0.1) is 43.9 Å². The average Bonchev–Trinajstić information content (AvgIpc) is 3.34. The monoisotopic (exact) mass is 385 g/mol. The summed E-state index contributed by atoms with van der Waals surface area (Å²) in [6.45, 7) is 6.04. The average molecular weight is 385 g/mol. The molecule has 0 saturated carbocycles. The van der Waals surface area contributed by atoms with E-state index in [9.17, 15) is 15.2 Å². The maximum absolute atomic E-state index is 13.4. The maximum atomic E-state index is 13.4. The number of Topliss-reactive ketones (excluding diaryl/α,β-unsaturated/α-hetero) is 1. The molecular formula is C25H23NO3. The summed E-state index contributed by atoms with van der Waals surface area (Å²) < 4.78 is 6.19. The summed E-state index contributed by atoms with van der Waals surface area (Å²) in [4.78, 5) is 13.4. The van der Waals surface area contributed by atoms with E-state index < -0.39 is 0 Å². The third-order valence-corrected chi connectivity index (χ3v) is 6.85. The van der Waals surface area contributed by atoms with Crippen LogP contribution in [0.2, 0.25) is 0 Å². The van der Waals surface area contributed by atoms with Crippen molar-refractivity contribution in [3.63, 3.8) is 0 Å². The van der Waals surface area contributed by atoms with E-state index in [-0.39, 0.29) is 41.5 Å². The fourth-order valence-corrected chi connectivity index (χ4v) is 5.85. The number of nitriles is 1. The molecule has 0 spiro atoms. The molecule has 4 nitrogen and oxygen atoms in total. The van der Waals surface area contributed by atoms with Gasteiger partial charge < -0.3 is 9.84 Å². The topological polar surface area (TPSA) is 70.3 Å². The van der Waals surface area contributed by atoms with E-state index in [0.29, 0.717) is 11.1 Å². The summed E-state index contributed by atoms with van der Waals surface area (Å²) in [5.74, 6) is -0.315. The molecule has 4 heteroatoms. The van der Waals surface area contributed by atoms with Crippen molar-refractivity contribution < 1.29 is 14.6 Å². The highest BCUT2D eigenvalue weighted by atomic mass is 16.5. The highest BCUT2D eigenvalue weighted by molar-refractivity contribution is 6.26. The smallest absolute Gasteiger partial charge is 0.173 e. The predicted octanol–water partition coefficient (Wildman–Crippen LogP) is 4.52. The highest BCUT2D eigenvalue weighted by Crippen LogP contribution is 2.58. The summed E-state index contributed by atoms with van der Waals surface area (Å²) >= 11 is 0. The van der Waals surface area contributed by atoms with Crippen LogP contribution >= 0.6 is 0 Å². The lowest BCUT2D eigenvalue weighted by Gasteiger charge is -2.27. The number of ketones is 1. The Morgan fingerprint density at radius 2 is 1.83 bits per heavy atom. The Kier molecular flexibility index (Phi) is 3.94. The Hall–Kier alpha value is -2.90. The van der Waals surface area contributed by atoms with Gasteiger partial charge in [-0.1, -0.05) is 29.8 Å². The lowest BCUT2D eigenvalue weighted by molar-refractivity contribution is -0.118. The summed E-state index contributed by atoms with van der Waals surface area (Å²) in [5.41, 5.74) is 6.21. The molecule has 2 aromatic rings. The summed E-state index contributed by atoms with van der Waals surface area (Å²) in [6, 6.07) is 13.9. The normalized spacial score (nSPS) is 30.0. The first kappa shape index (κ1) is 18.1. The van der Waals surface area contributed by atoms with Crippen LogP contribution < -0.4 is 0 Å². The van der Waals surface area contributed by atoms with Crippen LogP contribution in [-0.4, -0.2) is 23.1 Å². The van der Waals surface area contributed by atoms with Gasteiger partial charge in [0.15, 0.2) is 5.78 Å². The van der Waals surface area contributed by atoms with E-state index in [4.69, 9.17) is 4.74 Å². The number of rotatable bonds is 2. The molecule has 29 heavy (non-hydrogen) atoms. The first-order valence-corrected chi connectivity index (χ1v) is 10.1. The molecule has 2 unspecified atom stereocenters. The molecule has 2 fully saturated rings. The molecular weight excluding hydrogens is 362 g/mol. The van der Waals surface area contributed by atoms with Gasteiger partial charge in [-0.15, -0.1) is 0 Å². The van der Waals surface area contributed by atoms with Gasteiger partial charge in [-0.05, 0) is 61.6 Å². The SMILES string of the molecule is Cc1cc(C)c(C2=C(O)[C@@H]3C4O[C@@H](CC4c4cccc(C#N)c4)[C@@H]3C2=O)c(C)c1. The molecule has 0 amide bonds. The minimum absolute atomic E-state index is 0.0132. The summed E-state index contributed by atoms with van der Waals surface area (Å²) in [6.07, 6.45) is 0.337. The van der Waals surface area contributed by atoms with Gasteiger partial charge in [0.2, 0.25) is 0 Å². The van der Waals surface area contributed by atoms with Crippen molar-refractivity contribution in [1.82, 2.24) is 0 Å². The van der Waals surface area contributed by atoms with Gasteiger partial charge in [0, 0.05) is 5.92 Å². The molecule has 2 saturated heterocycles. The third-order valence-electron chi connectivity index (χ3n) is 6.85. The van der Waals surface area contributed by atoms with Gasteiger partial charge in [0.05, 0.1) is 41.2 Å². The molecule has 2 aromatic carbocycles. The van der Waals surface area contributed by atoms with Gasteiger partial charge >= 0.3 is 0 Å². The van der Waals surface area contributed by atoms with E-state index in [0.717, 1.165) is 34.2 Å². The number of benzene rings is 2. The standard InChI is InChI=1S/C25H23NO3/c1-12-7-13(2)19(14(3)8-12)21-23(27)20-18-10-17(25(29-18)22(20)24(21)28)16-6-4-5-15(9-16)11-26/h4-9,17-18,20,22,25,28H,10H2,1-3H3/t17?,18-,20-,22+,25?/m0/s1. The minimum Gasteiger partial charge on any atom is -0.511 e. The first-order valence-electron chi connectivity index (χ1n) is 10.1. The number of hydrogen-bond donors (Lipinski definition) is 1. The second-order valence-corrected chi connectivity index (χ2v) is 8.67. The molecule has 5 rings (SSSR count). The van der Waals surface area contributed by atoms with Crippen LogP contribution in [0.1, 0.15) is 45.7 Å². The van der Waals surface area contributed by atoms with Crippen molar-refractivity contribution in [2.45, 2.75) is 45.3 Å². The lowest BCUT2D eigenvalue weighted by atomic mass is 9.72. The number of aryl methyl sites for hydroxylation is 3. The highest BCUT2D eigenvalue weighted by Gasteiger charge is 2.62. The van der Waals surface area contributed by atoms with Crippen molar-refractivity contribution >= 4 is 11.4 Å². The third kappa shape index (κ3) is 2.51. The van der Waals surface area contributed by atoms with Crippen LogP contribution in [0.4, 0.5) is 0 Å². The van der Waals surface area contributed by atoms with Crippen molar-refractivity contribution in [3.05, 3.63) is 75.5 Å². The molecule has 1 aliphatic carbocycles. The van der Waals surface area contributed by atoms with Crippen molar-refractivity contribution in [1.29, 1.82) is 5.26 Å². The van der Waals surface area contributed by atoms with Gasteiger partial charge in [0.25, 0.3) is 0 Å². The van der Waals surface area contributed by atoms with Gasteiger partial charge in [-0.25, -0.2) is 0 Å². The van der Waals surface area contributed by atoms with Crippen LogP contribution in [0.25, 0.3) is 5.57 Å². The Labute approximate surface area is 170 Å². The molecule has 0 radical (unpaired) electrons. The number of aliphatic hydroxyl groups is 1. The summed E-state index contributed by atoms with van der Waals surface area (Å²) in [5, 5.41) is 20.4. The van der Waals surface area contributed by atoms with E-state index in [1.165, 1.54) is 0 Å². The van der Waals surface area contributed by atoms with Gasteiger partial charge in [0.1, 0.15) is 5.76 Å². The Morgan fingerprint density at radius 1 is 1.10 bits per heavy atom. The van der Waals surface area contributed by atoms with E-state index in [1.54, 1.807) is 6.07 Å². The maximum Gasteiger partial charge on any atom is 0.173 e. The number of carbonyl (C=O) groups is 1. The molecule has 5 atom stereocenters. The summed E-state index contributed by atoms with van der Waals surface area (Å²) in [7, 11) is 0. The Bertz CT molecular complexity index is 1100. The number of allylic oxidation sites excluding steroid dienone is 1. The van der Waals surface area contributed by atoms with Crippen LogP contribution in [0.15, 0.2) is 42.2 Å². The molecule has 2 aliphatic heterocycles. The molecule has 1 N–H and O–H groups in total. The first-order chi connectivity index (χ1) is 13.9. The van der Waals surface area contributed by atoms with Crippen molar-refractivity contribution in [2.75, 3.05) is 0 Å². The van der Waals surface area contributed by atoms with Crippen LogP contribution in [0.3, 0.4) is 0 Å². The zero-order valence-electron chi connectivity index (χ0n) is 16.8. The number of aliphatic hydroxyl groups excluding tert-OH is 1. The molecule has 2 bridgehead atoms. The fraction of sp³-hybridized carbons (Fsp3) is 0.360. The van der Waals surface area contributed by atoms with E-state index in [2.05, 4.69) is 18.2 Å². The number of carbonyl (C=O) groups excluding carboxylic acids is 1. The van der Waals surface area contributed by atoms with Gasteiger partial charge in [-0.2, -0.15) is 5.26 Å². The minimum atomic E-state index is -0.300. The zero-order valence-corrected chi connectivity index (χ0v) is 16.8. The molecule has 3 aliphatic rings. The second-order valence-electron chi connectivity index (χ2n) is 8.67. The van der Waals surface area contributed by atoms with Crippen molar-refractivity contribution in [2.24, 2.45) is 11.8 Å². The molecule has 146 valence electrons. The predicted molar refractivity (Wildman–Crippen MR) is 109 cm³/mol. The fourth-order valence-electron chi connectivity index (χ4n) is 5.85. The molecule has 0 aromatic heterocycles. The lowest BCUT2D eigenvalue weighted by Crippen LogP contribution is -2.33. The number of nitrogens with zero attached hydrogens (tertiary/aromatic N) is 1. The number of hydrogen-bond acceptors (Lipinski definition) is 4. The van der Waals surface area contributed by atoms with Crippen molar-refractivity contribution in [3.8, 4) is 6.07 Å². The molecule has 2 heterocycles. The second kappa shape index (κ2) is 6.30. The number of ether oxygens (including phenoxy) is 1. The van der Waals surface area contributed by atoms with E-state index in [1.807, 2.05) is 39.0 Å².